The monoisotopic (exact) mass is 424 g/mol. The summed E-state index contributed by atoms with van der Waals surface area (Å²) >= 11 is 0. The van der Waals surface area contributed by atoms with Gasteiger partial charge in [-0.1, -0.05) is 12.1 Å². The van der Waals surface area contributed by atoms with E-state index in [1.54, 1.807) is 0 Å². The highest BCUT2D eigenvalue weighted by Gasteiger charge is 2.32. The molecule has 2 heterocycles. The number of ether oxygens (including phenoxy) is 1. The molecule has 1 atom stereocenters. The van der Waals surface area contributed by atoms with E-state index in [2.05, 4.69) is 34.5 Å². The molecule has 0 unspecified atom stereocenters. The van der Waals surface area contributed by atoms with Crippen molar-refractivity contribution in [2.45, 2.75) is 25.8 Å². The molecule has 9 heteroatoms. The third kappa shape index (κ3) is 5.28. The molecule has 0 bridgehead atoms. The minimum atomic E-state index is -3.41. The van der Waals surface area contributed by atoms with Crippen LogP contribution in [0.3, 0.4) is 0 Å². The molecule has 0 saturated carbocycles. The maximum absolute atomic E-state index is 12.7. The first-order chi connectivity index (χ1) is 13.8. The highest BCUT2D eigenvalue weighted by atomic mass is 32.2. The lowest BCUT2D eigenvalue weighted by Crippen LogP contribution is -2.47. The van der Waals surface area contributed by atoms with Crippen molar-refractivity contribution in [2.75, 3.05) is 58.4 Å². The van der Waals surface area contributed by atoms with Gasteiger partial charge in [-0.25, -0.2) is 0 Å². The van der Waals surface area contributed by atoms with E-state index in [0.29, 0.717) is 25.9 Å². The number of carbonyl (C=O) groups is 1. The quantitative estimate of drug-likeness (QED) is 0.743. The smallest absolute Gasteiger partial charge is 0.281 e. The van der Waals surface area contributed by atoms with Crippen molar-refractivity contribution >= 4 is 21.8 Å². The predicted octanol–water partition coefficient (Wildman–Crippen LogP) is 1.22. The summed E-state index contributed by atoms with van der Waals surface area (Å²) in [7, 11) is -0.350. The molecule has 0 radical (unpaired) electrons. The summed E-state index contributed by atoms with van der Waals surface area (Å²) in [5.41, 5.74) is 2.23. The van der Waals surface area contributed by atoms with Gasteiger partial charge in [-0.2, -0.15) is 17.0 Å². The largest absolute Gasteiger partial charge is 0.378 e. The van der Waals surface area contributed by atoms with E-state index in [1.165, 1.54) is 28.4 Å². The number of benzene rings is 1. The minimum absolute atomic E-state index is 0.00310. The van der Waals surface area contributed by atoms with Crippen LogP contribution in [0.1, 0.15) is 31.4 Å². The number of nitrogens with one attached hydrogen (secondary N) is 1. The Morgan fingerprint density at radius 1 is 1.10 bits per heavy atom. The fraction of sp³-hybridized carbons (Fsp3) is 0.650. The zero-order valence-corrected chi connectivity index (χ0v) is 18.3. The van der Waals surface area contributed by atoms with Crippen LogP contribution in [0.25, 0.3) is 0 Å². The second kappa shape index (κ2) is 9.42. The first-order valence-corrected chi connectivity index (χ1v) is 11.6. The summed E-state index contributed by atoms with van der Waals surface area (Å²) in [6, 6.07) is 8.20. The van der Waals surface area contributed by atoms with E-state index in [1.807, 2.05) is 6.92 Å². The Morgan fingerprint density at radius 2 is 1.69 bits per heavy atom. The van der Waals surface area contributed by atoms with E-state index in [0.717, 1.165) is 31.9 Å². The third-order valence-corrected chi connectivity index (χ3v) is 7.68. The van der Waals surface area contributed by atoms with Crippen molar-refractivity contribution < 1.29 is 17.9 Å². The number of piperidine rings is 1. The maximum Gasteiger partial charge on any atom is 0.281 e. The molecule has 8 nitrogen and oxygen atoms in total. The highest BCUT2D eigenvalue weighted by Crippen LogP contribution is 2.23. The van der Waals surface area contributed by atoms with Crippen LogP contribution in [-0.2, 0) is 19.7 Å². The Hall–Kier alpha value is -1.68. The second-order valence-corrected chi connectivity index (χ2v) is 10.0. The zero-order valence-electron chi connectivity index (χ0n) is 17.5. The van der Waals surface area contributed by atoms with Crippen LogP contribution in [0, 0.1) is 5.92 Å². The molecule has 0 spiro atoms. The van der Waals surface area contributed by atoms with E-state index >= 15 is 0 Å². The van der Waals surface area contributed by atoms with Crippen LogP contribution >= 0.6 is 0 Å². The molecule has 162 valence electrons. The number of morpholine rings is 1. The van der Waals surface area contributed by atoms with Crippen LogP contribution in [0.5, 0.6) is 0 Å². The van der Waals surface area contributed by atoms with Crippen molar-refractivity contribution in [1.82, 2.24) is 13.9 Å². The molecular formula is C20H32N4O4S. The SMILES string of the molecule is C[C@H](NC(=O)C1CCN(S(=O)(=O)N(C)C)CC1)c1ccc(N2CCOCC2)cc1. The highest BCUT2D eigenvalue weighted by molar-refractivity contribution is 7.86. The molecule has 0 aliphatic carbocycles. The van der Waals surface area contributed by atoms with Crippen LogP contribution in [-0.4, -0.2) is 76.4 Å². The topological polar surface area (TPSA) is 82.2 Å². The number of amides is 1. The Labute approximate surface area is 174 Å². The van der Waals surface area contributed by atoms with Gasteiger partial charge in [-0.05, 0) is 37.5 Å². The van der Waals surface area contributed by atoms with Gasteiger partial charge in [0.25, 0.3) is 10.2 Å². The second-order valence-electron chi connectivity index (χ2n) is 7.88. The lowest BCUT2D eigenvalue weighted by molar-refractivity contribution is -0.126. The summed E-state index contributed by atoms with van der Waals surface area (Å²) in [6.07, 6.45) is 1.09. The minimum Gasteiger partial charge on any atom is -0.378 e. The fourth-order valence-electron chi connectivity index (χ4n) is 3.79. The van der Waals surface area contributed by atoms with E-state index in [-0.39, 0.29) is 17.9 Å². The Balaban J connectivity index is 1.52. The van der Waals surface area contributed by atoms with Crippen molar-refractivity contribution in [2.24, 2.45) is 5.92 Å². The molecule has 1 N–H and O–H groups in total. The van der Waals surface area contributed by atoms with Crippen molar-refractivity contribution in [3.05, 3.63) is 29.8 Å². The zero-order chi connectivity index (χ0) is 21.0. The molecule has 2 fully saturated rings. The molecule has 2 saturated heterocycles. The number of nitrogens with zero attached hydrogens (tertiary/aromatic N) is 3. The van der Waals surface area contributed by atoms with Gasteiger partial charge >= 0.3 is 0 Å². The van der Waals surface area contributed by atoms with Gasteiger partial charge < -0.3 is 15.0 Å². The van der Waals surface area contributed by atoms with Crippen molar-refractivity contribution in [3.63, 3.8) is 0 Å². The van der Waals surface area contributed by atoms with Gasteiger partial charge in [0, 0.05) is 51.9 Å². The van der Waals surface area contributed by atoms with Crippen molar-refractivity contribution in [1.29, 1.82) is 0 Å². The fourth-order valence-corrected chi connectivity index (χ4v) is 4.92. The van der Waals surface area contributed by atoms with Crippen molar-refractivity contribution in [3.8, 4) is 0 Å². The van der Waals surface area contributed by atoms with E-state index < -0.39 is 10.2 Å². The Bertz CT molecular complexity index is 783. The van der Waals surface area contributed by atoms with E-state index in [4.69, 9.17) is 4.74 Å². The number of anilines is 1. The molecule has 2 aliphatic rings. The summed E-state index contributed by atoms with van der Waals surface area (Å²) in [4.78, 5) is 15.0. The normalized spacial score (nSPS) is 20.6. The predicted molar refractivity (Wildman–Crippen MR) is 113 cm³/mol. The molecule has 0 aromatic heterocycles. The van der Waals surface area contributed by atoms with Gasteiger partial charge in [-0.3, -0.25) is 4.79 Å². The van der Waals surface area contributed by atoms with Gasteiger partial charge in [0.1, 0.15) is 0 Å². The molecule has 1 aromatic carbocycles. The Kier molecular flexibility index (Phi) is 7.15. The lowest BCUT2D eigenvalue weighted by Gasteiger charge is -2.32. The van der Waals surface area contributed by atoms with Gasteiger partial charge in [0.05, 0.1) is 19.3 Å². The summed E-state index contributed by atoms with van der Waals surface area (Å²) in [6.45, 7) is 6.03. The van der Waals surface area contributed by atoms with Gasteiger partial charge in [0.2, 0.25) is 5.91 Å². The lowest BCUT2D eigenvalue weighted by atomic mass is 9.96. The number of carbonyl (C=O) groups excluding carboxylic acids is 1. The summed E-state index contributed by atoms with van der Waals surface area (Å²) < 4.78 is 32.5. The molecule has 1 aromatic rings. The standard InChI is InChI=1S/C20H32N4O4S/c1-16(17-4-6-19(7-5-17)23-12-14-28-15-13-23)21-20(25)18-8-10-24(11-9-18)29(26,27)22(2)3/h4-7,16,18H,8-15H2,1-3H3,(H,21,25)/t16-/m0/s1. The summed E-state index contributed by atoms with van der Waals surface area (Å²) in [5, 5.41) is 3.09. The number of hydrogen-bond donors (Lipinski definition) is 1. The average Bonchev–Trinajstić information content (AvgIpc) is 2.74. The number of rotatable bonds is 6. The maximum atomic E-state index is 12.7. The summed E-state index contributed by atoms with van der Waals surface area (Å²) in [5.74, 6) is -0.157. The first-order valence-electron chi connectivity index (χ1n) is 10.2. The molecule has 3 rings (SSSR count). The first kappa shape index (κ1) is 22.0. The van der Waals surface area contributed by atoms with Crippen LogP contribution in [0.2, 0.25) is 0 Å². The van der Waals surface area contributed by atoms with Gasteiger partial charge in [0.15, 0.2) is 0 Å². The van der Waals surface area contributed by atoms with E-state index in [9.17, 15) is 13.2 Å². The Morgan fingerprint density at radius 3 is 2.24 bits per heavy atom. The third-order valence-electron chi connectivity index (χ3n) is 5.74. The van der Waals surface area contributed by atoms with Crippen LogP contribution < -0.4 is 10.2 Å². The molecule has 2 aliphatic heterocycles. The average molecular weight is 425 g/mol. The van der Waals surface area contributed by atoms with Gasteiger partial charge in [-0.15, -0.1) is 0 Å². The molecule has 29 heavy (non-hydrogen) atoms. The molecular weight excluding hydrogens is 392 g/mol. The van der Waals surface area contributed by atoms with Crippen LogP contribution in [0.4, 0.5) is 5.69 Å². The number of hydrogen-bond acceptors (Lipinski definition) is 5. The van der Waals surface area contributed by atoms with Crippen LogP contribution in [0.15, 0.2) is 24.3 Å². The molecule has 1 amide bonds.